The molecule has 3 rings (SSSR count). The Morgan fingerprint density at radius 3 is 2.57 bits per heavy atom. The van der Waals surface area contributed by atoms with Gasteiger partial charge in [0.2, 0.25) is 0 Å². The van der Waals surface area contributed by atoms with Crippen molar-refractivity contribution in [3.8, 4) is 11.5 Å². The van der Waals surface area contributed by atoms with Crippen molar-refractivity contribution in [2.75, 3.05) is 7.11 Å². The third-order valence-electron chi connectivity index (χ3n) is 3.18. The Bertz CT molecular complexity index is 759. The van der Waals surface area contributed by atoms with Crippen LogP contribution in [0.1, 0.15) is 5.56 Å². The number of benzene rings is 2. The number of fused-ring (bicyclic) bond motifs is 1. The van der Waals surface area contributed by atoms with E-state index in [1.165, 1.54) is 0 Å². The molecule has 3 nitrogen and oxygen atoms in total. The number of hydrogen-bond donors (Lipinski definition) is 0. The van der Waals surface area contributed by atoms with Crippen LogP contribution in [0.3, 0.4) is 0 Å². The van der Waals surface area contributed by atoms with Crippen molar-refractivity contribution < 1.29 is 9.47 Å². The van der Waals surface area contributed by atoms with Gasteiger partial charge in [-0.2, -0.15) is 0 Å². The topological polar surface area (TPSA) is 31.4 Å². The van der Waals surface area contributed by atoms with Gasteiger partial charge in [-0.15, -0.1) is 0 Å². The number of pyridine rings is 1. The summed E-state index contributed by atoms with van der Waals surface area (Å²) in [4.78, 5) is 4.30. The molecule has 0 radical (unpaired) electrons. The Hall–Kier alpha value is -2.26. The minimum Gasteiger partial charge on any atom is -0.493 e. The van der Waals surface area contributed by atoms with Gasteiger partial charge in [0.05, 0.1) is 12.6 Å². The lowest BCUT2D eigenvalue weighted by molar-refractivity contribution is 0.285. The van der Waals surface area contributed by atoms with Gasteiger partial charge in [0, 0.05) is 11.5 Å². The molecule has 0 unspecified atom stereocenters. The second-order valence-electron chi connectivity index (χ2n) is 4.60. The molecule has 0 bridgehead atoms. The quantitative estimate of drug-likeness (QED) is 0.666. The summed E-state index contributed by atoms with van der Waals surface area (Å²) in [6, 6.07) is 17.4. The third kappa shape index (κ3) is 3.09. The van der Waals surface area contributed by atoms with Crippen LogP contribution < -0.4 is 9.47 Å². The molecule has 1 heterocycles. The summed E-state index contributed by atoms with van der Waals surface area (Å²) in [6.07, 6.45) is 0. The van der Waals surface area contributed by atoms with Crippen molar-refractivity contribution in [1.29, 1.82) is 0 Å². The number of hydrogen-bond acceptors (Lipinski definition) is 3. The normalized spacial score (nSPS) is 10.6. The van der Waals surface area contributed by atoms with Crippen molar-refractivity contribution in [1.82, 2.24) is 4.98 Å². The zero-order valence-electron chi connectivity index (χ0n) is 11.5. The Balaban J connectivity index is 1.92. The Morgan fingerprint density at radius 1 is 1.00 bits per heavy atom. The largest absolute Gasteiger partial charge is 0.493 e. The zero-order valence-corrected chi connectivity index (χ0v) is 12.3. The maximum atomic E-state index is 5.93. The molecule has 0 saturated carbocycles. The van der Waals surface area contributed by atoms with Crippen LogP contribution in [-0.2, 0) is 6.61 Å². The fourth-order valence-electron chi connectivity index (χ4n) is 2.11. The minimum atomic E-state index is 0.460. The molecule has 0 amide bonds. The monoisotopic (exact) mass is 299 g/mol. The lowest BCUT2D eigenvalue weighted by Gasteiger charge is -2.12. The van der Waals surface area contributed by atoms with E-state index in [0.29, 0.717) is 23.3 Å². The van der Waals surface area contributed by atoms with E-state index in [1.54, 1.807) is 13.2 Å². The molecule has 0 spiro atoms. The summed E-state index contributed by atoms with van der Waals surface area (Å²) < 4.78 is 11.2. The molecule has 0 aliphatic heterocycles. The number of ether oxygens (including phenoxy) is 2. The smallest absolute Gasteiger partial charge is 0.163 e. The van der Waals surface area contributed by atoms with Crippen molar-refractivity contribution in [3.63, 3.8) is 0 Å². The number of rotatable bonds is 4. The van der Waals surface area contributed by atoms with Crippen LogP contribution in [0.2, 0.25) is 5.15 Å². The van der Waals surface area contributed by atoms with E-state index in [0.717, 1.165) is 16.5 Å². The second kappa shape index (κ2) is 6.02. The van der Waals surface area contributed by atoms with Gasteiger partial charge in [0.1, 0.15) is 11.8 Å². The molecule has 4 heteroatoms. The number of halogens is 1. The summed E-state index contributed by atoms with van der Waals surface area (Å²) in [6.45, 7) is 0.475. The number of methoxy groups -OCH3 is 1. The van der Waals surface area contributed by atoms with Gasteiger partial charge in [-0.3, -0.25) is 0 Å². The molecule has 0 fully saturated rings. The number of aromatic nitrogens is 1. The van der Waals surface area contributed by atoms with Crippen molar-refractivity contribution in [2.24, 2.45) is 0 Å². The fraction of sp³-hybridized carbons (Fsp3) is 0.118. The molecule has 0 aliphatic carbocycles. The predicted molar refractivity (Wildman–Crippen MR) is 84.1 cm³/mol. The van der Waals surface area contributed by atoms with E-state index in [2.05, 4.69) is 4.98 Å². The molecular formula is C17H14ClNO2. The van der Waals surface area contributed by atoms with Gasteiger partial charge in [0.25, 0.3) is 0 Å². The highest BCUT2D eigenvalue weighted by Crippen LogP contribution is 2.32. The molecule has 0 N–H and O–H groups in total. The zero-order chi connectivity index (χ0) is 14.7. The molecule has 2 aromatic carbocycles. The predicted octanol–water partition coefficient (Wildman–Crippen LogP) is 4.48. The molecule has 106 valence electrons. The first-order valence-corrected chi connectivity index (χ1v) is 6.95. The van der Waals surface area contributed by atoms with Crippen LogP contribution in [0, 0.1) is 0 Å². The Morgan fingerprint density at radius 2 is 1.81 bits per heavy atom. The van der Waals surface area contributed by atoms with Crippen LogP contribution in [0.15, 0.2) is 54.6 Å². The summed E-state index contributed by atoms with van der Waals surface area (Å²) in [5.74, 6) is 1.34. The Kier molecular flexibility index (Phi) is 3.93. The lowest BCUT2D eigenvalue weighted by atomic mass is 10.2. The van der Waals surface area contributed by atoms with Crippen molar-refractivity contribution in [3.05, 3.63) is 65.3 Å². The van der Waals surface area contributed by atoms with Gasteiger partial charge in [-0.25, -0.2) is 4.98 Å². The first-order valence-electron chi connectivity index (χ1n) is 6.57. The molecule has 0 saturated heterocycles. The van der Waals surface area contributed by atoms with Crippen LogP contribution in [0.4, 0.5) is 0 Å². The van der Waals surface area contributed by atoms with E-state index in [9.17, 15) is 0 Å². The average Bonchev–Trinajstić information content (AvgIpc) is 2.53. The standard InChI is InChI=1S/C17H14ClNO2/c1-20-15-9-13-7-8-17(18)19-14(13)10-16(15)21-11-12-5-3-2-4-6-12/h2-10H,11H2,1H3. The minimum absolute atomic E-state index is 0.460. The summed E-state index contributed by atoms with van der Waals surface area (Å²) in [5.41, 5.74) is 1.88. The van der Waals surface area contributed by atoms with E-state index in [1.807, 2.05) is 48.5 Å². The maximum Gasteiger partial charge on any atom is 0.163 e. The van der Waals surface area contributed by atoms with Gasteiger partial charge < -0.3 is 9.47 Å². The summed E-state index contributed by atoms with van der Waals surface area (Å²) >= 11 is 5.93. The van der Waals surface area contributed by atoms with Gasteiger partial charge in [-0.05, 0) is 23.8 Å². The van der Waals surface area contributed by atoms with Gasteiger partial charge in [-0.1, -0.05) is 41.9 Å². The molecule has 0 atom stereocenters. The third-order valence-corrected chi connectivity index (χ3v) is 3.39. The maximum absolute atomic E-state index is 5.93. The highest BCUT2D eigenvalue weighted by molar-refractivity contribution is 6.29. The average molecular weight is 300 g/mol. The second-order valence-corrected chi connectivity index (χ2v) is 4.99. The molecule has 0 aliphatic rings. The molecular weight excluding hydrogens is 286 g/mol. The summed E-state index contributed by atoms with van der Waals surface area (Å²) in [7, 11) is 1.62. The van der Waals surface area contributed by atoms with E-state index >= 15 is 0 Å². The Labute approximate surface area is 128 Å². The fourth-order valence-corrected chi connectivity index (χ4v) is 2.27. The van der Waals surface area contributed by atoms with E-state index in [4.69, 9.17) is 21.1 Å². The van der Waals surface area contributed by atoms with Crippen LogP contribution >= 0.6 is 11.6 Å². The van der Waals surface area contributed by atoms with E-state index in [-0.39, 0.29) is 0 Å². The van der Waals surface area contributed by atoms with Crippen LogP contribution in [-0.4, -0.2) is 12.1 Å². The van der Waals surface area contributed by atoms with Crippen molar-refractivity contribution in [2.45, 2.75) is 6.61 Å². The highest BCUT2D eigenvalue weighted by atomic mass is 35.5. The number of nitrogens with zero attached hydrogens (tertiary/aromatic N) is 1. The first-order chi connectivity index (χ1) is 10.3. The van der Waals surface area contributed by atoms with Crippen LogP contribution in [0.5, 0.6) is 11.5 Å². The SMILES string of the molecule is COc1cc2ccc(Cl)nc2cc1OCc1ccccc1. The first kappa shape index (κ1) is 13.7. The molecule has 3 aromatic rings. The molecule has 21 heavy (non-hydrogen) atoms. The highest BCUT2D eigenvalue weighted by Gasteiger charge is 2.08. The lowest BCUT2D eigenvalue weighted by Crippen LogP contribution is -1.98. The molecule has 1 aromatic heterocycles. The van der Waals surface area contributed by atoms with Crippen LogP contribution in [0.25, 0.3) is 10.9 Å². The van der Waals surface area contributed by atoms with Crippen molar-refractivity contribution >= 4 is 22.5 Å². The van der Waals surface area contributed by atoms with Gasteiger partial charge in [0.15, 0.2) is 11.5 Å². The summed E-state index contributed by atoms with van der Waals surface area (Å²) in [5, 5.41) is 1.42. The van der Waals surface area contributed by atoms with Gasteiger partial charge >= 0.3 is 0 Å². The van der Waals surface area contributed by atoms with E-state index < -0.39 is 0 Å².